The van der Waals surface area contributed by atoms with Gasteiger partial charge < -0.3 is 21.9 Å². The van der Waals surface area contributed by atoms with Crippen molar-refractivity contribution in [3.05, 3.63) is 59.9 Å². The van der Waals surface area contributed by atoms with Gasteiger partial charge in [-0.05, 0) is 37.0 Å². The summed E-state index contributed by atoms with van der Waals surface area (Å²) >= 11 is 0. The van der Waals surface area contributed by atoms with E-state index in [1.807, 2.05) is 23.4 Å². The number of halogens is 1. The monoisotopic (exact) mass is 360 g/mol. The van der Waals surface area contributed by atoms with Gasteiger partial charge in [0.1, 0.15) is 0 Å². The smallest absolute Gasteiger partial charge is 0.233 e. The van der Waals surface area contributed by atoms with Crippen molar-refractivity contribution in [1.29, 1.82) is 0 Å². The van der Waals surface area contributed by atoms with E-state index >= 15 is 0 Å². The lowest BCUT2D eigenvalue weighted by molar-refractivity contribution is -0.695. The number of benzene rings is 1. The normalized spacial score (nSPS) is 13.2. The van der Waals surface area contributed by atoms with Gasteiger partial charge in [0.25, 0.3) is 0 Å². The molecule has 4 heteroatoms. The highest BCUT2D eigenvalue weighted by Crippen LogP contribution is 2.27. The van der Waals surface area contributed by atoms with Gasteiger partial charge in [-0.3, -0.25) is 4.79 Å². The molecule has 2 aromatic rings. The van der Waals surface area contributed by atoms with Gasteiger partial charge in [0.15, 0.2) is 18.9 Å². The van der Waals surface area contributed by atoms with E-state index in [2.05, 4.69) is 41.8 Å². The molecule has 1 aliphatic rings. The molecule has 0 radical (unpaired) electrons. The number of rotatable bonds is 3. The number of amides is 1. The standard InChI is InChI=1S/C18H21N2O.BrH/c1-15-8-12-19(13-9-15)14-10-18(21)20-11-4-6-16-5-2-3-7-17(16)20;/h2-3,5,7-9,12-13H,4,6,10-11,14H2,1H3;1H/q+1;/p-1. The summed E-state index contributed by atoms with van der Waals surface area (Å²) in [5.74, 6) is 0.218. The molecule has 1 aliphatic heterocycles. The molecule has 2 heterocycles. The zero-order valence-electron chi connectivity index (χ0n) is 12.8. The van der Waals surface area contributed by atoms with Crippen LogP contribution in [0.25, 0.3) is 0 Å². The summed E-state index contributed by atoms with van der Waals surface area (Å²) in [5, 5.41) is 0. The number of para-hydroxylation sites is 1. The minimum absolute atomic E-state index is 0. The Labute approximate surface area is 142 Å². The largest absolute Gasteiger partial charge is 1.00 e. The van der Waals surface area contributed by atoms with Gasteiger partial charge in [0.2, 0.25) is 5.91 Å². The van der Waals surface area contributed by atoms with E-state index in [1.54, 1.807) is 0 Å². The Kier molecular flexibility index (Phi) is 5.72. The van der Waals surface area contributed by atoms with Gasteiger partial charge in [-0.2, -0.15) is 0 Å². The first-order valence-electron chi connectivity index (χ1n) is 7.58. The van der Waals surface area contributed by atoms with E-state index in [4.69, 9.17) is 0 Å². The molecule has 0 aliphatic carbocycles. The number of aromatic nitrogens is 1. The maximum absolute atomic E-state index is 12.5. The molecule has 0 N–H and O–H groups in total. The lowest BCUT2D eigenvalue weighted by Crippen LogP contribution is -3.00. The lowest BCUT2D eigenvalue weighted by atomic mass is 10.0. The fourth-order valence-corrected chi connectivity index (χ4v) is 2.83. The first kappa shape index (κ1) is 16.7. The molecule has 3 nitrogen and oxygen atoms in total. The topological polar surface area (TPSA) is 24.2 Å². The second-order valence-corrected chi connectivity index (χ2v) is 5.64. The number of pyridine rings is 1. The average molecular weight is 361 g/mol. The number of aryl methyl sites for hydroxylation is 3. The van der Waals surface area contributed by atoms with Gasteiger partial charge in [-0.15, -0.1) is 0 Å². The Morgan fingerprint density at radius 3 is 2.68 bits per heavy atom. The lowest BCUT2D eigenvalue weighted by Gasteiger charge is -2.29. The Morgan fingerprint density at radius 2 is 1.91 bits per heavy atom. The summed E-state index contributed by atoms with van der Waals surface area (Å²) in [4.78, 5) is 14.5. The van der Waals surface area contributed by atoms with Crippen LogP contribution < -0.4 is 26.4 Å². The van der Waals surface area contributed by atoms with Crippen LogP contribution in [0, 0.1) is 6.92 Å². The minimum Gasteiger partial charge on any atom is -1.00 e. The van der Waals surface area contributed by atoms with Gasteiger partial charge >= 0.3 is 0 Å². The fourth-order valence-electron chi connectivity index (χ4n) is 2.83. The predicted octanol–water partition coefficient (Wildman–Crippen LogP) is -0.344. The van der Waals surface area contributed by atoms with Crippen molar-refractivity contribution in [1.82, 2.24) is 0 Å². The molecule has 1 aromatic heterocycles. The summed E-state index contributed by atoms with van der Waals surface area (Å²) in [7, 11) is 0. The zero-order chi connectivity index (χ0) is 14.7. The number of carbonyl (C=O) groups excluding carboxylic acids is 1. The third-order valence-corrected chi connectivity index (χ3v) is 4.05. The van der Waals surface area contributed by atoms with Gasteiger partial charge in [-0.25, -0.2) is 4.57 Å². The Morgan fingerprint density at radius 1 is 1.18 bits per heavy atom. The van der Waals surface area contributed by atoms with E-state index in [1.165, 1.54) is 11.1 Å². The van der Waals surface area contributed by atoms with E-state index in [0.717, 1.165) is 31.6 Å². The molecule has 22 heavy (non-hydrogen) atoms. The second-order valence-electron chi connectivity index (χ2n) is 5.64. The summed E-state index contributed by atoms with van der Waals surface area (Å²) in [6, 6.07) is 12.4. The molecule has 0 fully saturated rings. The fraction of sp³-hybridized carbons (Fsp3) is 0.333. The Balaban J connectivity index is 0.00000176. The highest BCUT2D eigenvalue weighted by Gasteiger charge is 2.22. The summed E-state index contributed by atoms with van der Waals surface area (Å²) < 4.78 is 2.07. The van der Waals surface area contributed by atoms with Crippen molar-refractivity contribution >= 4 is 11.6 Å². The van der Waals surface area contributed by atoms with Crippen LogP contribution in [0.2, 0.25) is 0 Å². The first-order chi connectivity index (χ1) is 10.2. The second kappa shape index (κ2) is 7.54. The summed E-state index contributed by atoms with van der Waals surface area (Å²) in [6.07, 6.45) is 6.74. The van der Waals surface area contributed by atoms with E-state index in [0.29, 0.717) is 6.42 Å². The molecular formula is C18H21BrN2O. The van der Waals surface area contributed by atoms with Crippen molar-refractivity contribution in [2.45, 2.75) is 32.7 Å². The molecule has 116 valence electrons. The molecule has 3 rings (SSSR count). The zero-order valence-corrected chi connectivity index (χ0v) is 14.4. The van der Waals surface area contributed by atoms with E-state index in [-0.39, 0.29) is 22.9 Å². The maximum Gasteiger partial charge on any atom is 0.233 e. The van der Waals surface area contributed by atoms with Crippen LogP contribution in [0.15, 0.2) is 48.8 Å². The Hall–Kier alpha value is -1.68. The van der Waals surface area contributed by atoms with Crippen LogP contribution >= 0.6 is 0 Å². The SMILES string of the molecule is Cc1cc[n+](CCC(=O)N2CCCc3ccccc32)cc1.[Br-]. The molecule has 0 spiro atoms. The third-order valence-electron chi connectivity index (χ3n) is 4.05. The molecule has 0 unspecified atom stereocenters. The van der Waals surface area contributed by atoms with Crippen molar-refractivity contribution < 1.29 is 26.3 Å². The van der Waals surface area contributed by atoms with Gasteiger partial charge in [-0.1, -0.05) is 18.2 Å². The van der Waals surface area contributed by atoms with Crippen LogP contribution in [-0.2, 0) is 17.8 Å². The summed E-state index contributed by atoms with van der Waals surface area (Å²) in [5.41, 5.74) is 3.63. The molecule has 0 bridgehead atoms. The number of hydrogen-bond acceptors (Lipinski definition) is 1. The third kappa shape index (κ3) is 3.74. The predicted molar refractivity (Wildman–Crippen MR) is 83.1 cm³/mol. The van der Waals surface area contributed by atoms with Crippen LogP contribution in [0.4, 0.5) is 5.69 Å². The van der Waals surface area contributed by atoms with Crippen molar-refractivity contribution in [3.63, 3.8) is 0 Å². The average Bonchev–Trinajstić information content (AvgIpc) is 2.53. The molecular weight excluding hydrogens is 340 g/mol. The van der Waals surface area contributed by atoms with Crippen LogP contribution in [0.1, 0.15) is 24.0 Å². The quantitative estimate of drug-likeness (QED) is 0.687. The minimum atomic E-state index is 0. The molecule has 0 saturated carbocycles. The van der Waals surface area contributed by atoms with Crippen molar-refractivity contribution in [3.8, 4) is 0 Å². The maximum atomic E-state index is 12.5. The van der Waals surface area contributed by atoms with Crippen molar-refractivity contribution in [2.75, 3.05) is 11.4 Å². The number of nitrogens with zero attached hydrogens (tertiary/aromatic N) is 2. The van der Waals surface area contributed by atoms with Crippen LogP contribution in [-0.4, -0.2) is 12.5 Å². The highest BCUT2D eigenvalue weighted by molar-refractivity contribution is 5.94. The first-order valence-corrected chi connectivity index (χ1v) is 7.58. The number of anilines is 1. The highest BCUT2D eigenvalue weighted by atomic mass is 79.9. The van der Waals surface area contributed by atoms with Gasteiger partial charge in [0.05, 0.1) is 6.42 Å². The number of fused-ring (bicyclic) bond motifs is 1. The molecule has 1 aromatic carbocycles. The molecule has 0 atom stereocenters. The van der Waals surface area contributed by atoms with Crippen LogP contribution in [0.3, 0.4) is 0 Å². The molecule has 1 amide bonds. The van der Waals surface area contributed by atoms with Crippen molar-refractivity contribution in [2.24, 2.45) is 0 Å². The van der Waals surface area contributed by atoms with E-state index in [9.17, 15) is 4.79 Å². The van der Waals surface area contributed by atoms with Crippen LogP contribution in [0.5, 0.6) is 0 Å². The molecule has 0 saturated heterocycles. The van der Waals surface area contributed by atoms with E-state index < -0.39 is 0 Å². The summed E-state index contributed by atoms with van der Waals surface area (Å²) in [6.45, 7) is 3.65. The van der Waals surface area contributed by atoms with Gasteiger partial charge in [0, 0.05) is 24.4 Å². The number of hydrogen-bond donors (Lipinski definition) is 0. The number of carbonyl (C=O) groups is 1. The Bertz CT molecular complexity index is 640.